The van der Waals surface area contributed by atoms with E-state index in [1.165, 1.54) is 6.92 Å². The van der Waals surface area contributed by atoms with Crippen molar-refractivity contribution < 1.29 is 18.0 Å². The van der Waals surface area contributed by atoms with Crippen LogP contribution in [-0.4, -0.2) is 76.7 Å². The van der Waals surface area contributed by atoms with Crippen molar-refractivity contribution in [3.05, 3.63) is 23.8 Å². The Bertz CT molecular complexity index is 808. The average Bonchev–Trinajstić information content (AvgIpc) is 2.87. The van der Waals surface area contributed by atoms with Gasteiger partial charge < -0.3 is 9.80 Å². The quantitative estimate of drug-likeness (QED) is 0.734. The van der Waals surface area contributed by atoms with Gasteiger partial charge >= 0.3 is 0 Å². The van der Waals surface area contributed by atoms with E-state index in [1.54, 1.807) is 22.1 Å². The van der Waals surface area contributed by atoms with Crippen molar-refractivity contribution in [2.45, 2.75) is 38.8 Å². The van der Waals surface area contributed by atoms with E-state index in [-0.39, 0.29) is 34.9 Å². The van der Waals surface area contributed by atoms with Gasteiger partial charge in [0, 0.05) is 32.1 Å². The summed E-state index contributed by atoms with van der Waals surface area (Å²) in [5.74, 6) is -0.0224. The summed E-state index contributed by atoms with van der Waals surface area (Å²) in [4.78, 5) is 36.4. The van der Waals surface area contributed by atoms with Gasteiger partial charge in [-0.2, -0.15) is 0 Å². The van der Waals surface area contributed by atoms with Crippen molar-refractivity contribution in [3.63, 3.8) is 0 Å². The molecule has 2 aliphatic rings. The van der Waals surface area contributed by atoms with Crippen molar-refractivity contribution in [1.29, 1.82) is 0 Å². The summed E-state index contributed by atoms with van der Waals surface area (Å²) in [6.45, 7) is 5.94. The molecular formula is C16H22N4O4S. The van der Waals surface area contributed by atoms with E-state index in [2.05, 4.69) is 9.97 Å². The molecule has 3 rings (SSSR count). The van der Waals surface area contributed by atoms with Crippen molar-refractivity contribution in [2.24, 2.45) is 0 Å². The lowest BCUT2D eigenvalue weighted by atomic mass is 10.0. The molecule has 0 aliphatic carbocycles. The molecule has 0 unspecified atom stereocenters. The lowest BCUT2D eigenvalue weighted by Crippen LogP contribution is -2.61. The van der Waals surface area contributed by atoms with Gasteiger partial charge in [-0.1, -0.05) is 13.8 Å². The molecule has 2 amide bonds. The Morgan fingerprint density at radius 2 is 1.76 bits per heavy atom. The standard InChI is InChI=1S/C16H22N4O4S/c1-10(2)15-17-5-4-12(18-15)16(22)20-7-6-19(11(3)21)13-8-25(23,24)9-14(13)20/h4-5,10,13-14H,6-9H2,1-3H3/t13-,14+/m1/s1. The zero-order chi connectivity index (χ0) is 18.4. The zero-order valence-corrected chi connectivity index (χ0v) is 15.4. The molecule has 2 atom stereocenters. The summed E-state index contributed by atoms with van der Waals surface area (Å²) in [5.41, 5.74) is 0.262. The molecule has 2 saturated heterocycles. The lowest BCUT2D eigenvalue weighted by molar-refractivity contribution is -0.133. The third kappa shape index (κ3) is 3.37. The number of sulfone groups is 1. The minimum absolute atomic E-state index is 0.0851. The highest BCUT2D eigenvalue weighted by molar-refractivity contribution is 7.91. The Morgan fingerprint density at radius 3 is 2.36 bits per heavy atom. The summed E-state index contributed by atoms with van der Waals surface area (Å²) in [7, 11) is -3.29. The number of piperazine rings is 1. The van der Waals surface area contributed by atoms with Gasteiger partial charge in [-0.3, -0.25) is 9.59 Å². The molecule has 1 aromatic rings. The maximum absolute atomic E-state index is 12.9. The van der Waals surface area contributed by atoms with Gasteiger partial charge in [-0.05, 0) is 6.07 Å². The molecule has 25 heavy (non-hydrogen) atoms. The van der Waals surface area contributed by atoms with Gasteiger partial charge in [-0.15, -0.1) is 0 Å². The van der Waals surface area contributed by atoms with Crippen LogP contribution >= 0.6 is 0 Å². The molecule has 2 aliphatic heterocycles. The maximum atomic E-state index is 12.9. The summed E-state index contributed by atoms with van der Waals surface area (Å²) in [6, 6.07) is 0.545. The Morgan fingerprint density at radius 1 is 1.16 bits per heavy atom. The fraction of sp³-hybridized carbons (Fsp3) is 0.625. The summed E-state index contributed by atoms with van der Waals surface area (Å²) in [5, 5.41) is 0. The molecule has 2 fully saturated rings. The van der Waals surface area contributed by atoms with Gasteiger partial charge in [0.15, 0.2) is 9.84 Å². The Balaban J connectivity index is 1.91. The Hall–Kier alpha value is -2.03. The predicted molar refractivity (Wildman–Crippen MR) is 90.8 cm³/mol. The molecule has 3 heterocycles. The second-order valence-corrected chi connectivity index (χ2v) is 9.03. The second kappa shape index (κ2) is 6.36. The van der Waals surface area contributed by atoms with Crippen LogP contribution in [0.1, 0.15) is 43.0 Å². The van der Waals surface area contributed by atoms with Crippen molar-refractivity contribution in [2.75, 3.05) is 24.6 Å². The largest absolute Gasteiger partial charge is 0.335 e. The van der Waals surface area contributed by atoms with Crippen LogP contribution in [-0.2, 0) is 14.6 Å². The summed E-state index contributed by atoms with van der Waals surface area (Å²) in [6.07, 6.45) is 1.55. The molecular weight excluding hydrogens is 344 g/mol. The fourth-order valence-electron chi connectivity index (χ4n) is 3.51. The molecule has 0 N–H and O–H groups in total. The van der Waals surface area contributed by atoms with Gasteiger partial charge in [0.1, 0.15) is 11.5 Å². The van der Waals surface area contributed by atoms with Crippen LogP contribution in [0.15, 0.2) is 12.3 Å². The lowest BCUT2D eigenvalue weighted by Gasteiger charge is -2.43. The number of nitrogens with zero attached hydrogens (tertiary/aromatic N) is 4. The van der Waals surface area contributed by atoms with E-state index in [9.17, 15) is 18.0 Å². The van der Waals surface area contributed by atoms with Gasteiger partial charge in [0.2, 0.25) is 5.91 Å². The van der Waals surface area contributed by atoms with Crippen molar-refractivity contribution in [1.82, 2.24) is 19.8 Å². The number of rotatable bonds is 2. The third-order valence-corrected chi connectivity index (χ3v) is 6.45. The number of hydrogen-bond donors (Lipinski definition) is 0. The first-order chi connectivity index (χ1) is 11.7. The monoisotopic (exact) mass is 366 g/mol. The maximum Gasteiger partial charge on any atom is 0.273 e. The number of fused-ring (bicyclic) bond motifs is 1. The minimum atomic E-state index is -3.29. The van der Waals surface area contributed by atoms with E-state index < -0.39 is 21.9 Å². The Labute approximate surface area is 147 Å². The molecule has 1 aromatic heterocycles. The number of hydrogen-bond acceptors (Lipinski definition) is 6. The van der Waals surface area contributed by atoms with Crippen LogP contribution in [0.3, 0.4) is 0 Å². The Kier molecular flexibility index (Phi) is 4.52. The first-order valence-electron chi connectivity index (χ1n) is 8.31. The zero-order valence-electron chi connectivity index (χ0n) is 14.5. The van der Waals surface area contributed by atoms with Gasteiger partial charge in [0.05, 0.1) is 23.6 Å². The third-order valence-electron chi connectivity index (χ3n) is 4.75. The van der Waals surface area contributed by atoms with Crippen LogP contribution < -0.4 is 0 Å². The number of amides is 2. The van der Waals surface area contributed by atoms with Crippen molar-refractivity contribution in [3.8, 4) is 0 Å². The molecule has 0 radical (unpaired) electrons. The first kappa shape index (κ1) is 17.8. The number of carbonyl (C=O) groups excluding carboxylic acids is 2. The van der Waals surface area contributed by atoms with Crippen LogP contribution in [0.25, 0.3) is 0 Å². The smallest absolute Gasteiger partial charge is 0.273 e. The average molecular weight is 366 g/mol. The van der Waals surface area contributed by atoms with Gasteiger partial charge in [-0.25, -0.2) is 18.4 Å². The van der Waals surface area contributed by atoms with E-state index in [0.29, 0.717) is 18.9 Å². The molecule has 0 spiro atoms. The molecule has 136 valence electrons. The highest BCUT2D eigenvalue weighted by atomic mass is 32.2. The fourth-order valence-corrected chi connectivity index (χ4v) is 5.50. The van der Waals surface area contributed by atoms with E-state index >= 15 is 0 Å². The highest BCUT2D eigenvalue weighted by Gasteiger charge is 2.49. The SMILES string of the molecule is CC(=O)N1CCN(C(=O)c2ccnc(C(C)C)n2)[C@H]2CS(=O)(=O)C[C@H]21. The first-order valence-corrected chi connectivity index (χ1v) is 10.1. The predicted octanol–water partition coefficient (Wildman–Crippen LogP) is 0.0699. The topological polar surface area (TPSA) is 101 Å². The van der Waals surface area contributed by atoms with E-state index in [0.717, 1.165) is 0 Å². The molecule has 0 saturated carbocycles. The van der Waals surface area contributed by atoms with Gasteiger partial charge in [0.25, 0.3) is 5.91 Å². The second-order valence-electron chi connectivity index (χ2n) is 6.88. The van der Waals surface area contributed by atoms with E-state index in [1.807, 2.05) is 13.8 Å². The van der Waals surface area contributed by atoms with Crippen LogP contribution in [0.2, 0.25) is 0 Å². The number of aromatic nitrogens is 2. The number of carbonyl (C=O) groups is 2. The summed E-state index contributed by atoms with van der Waals surface area (Å²) < 4.78 is 24.2. The highest BCUT2D eigenvalue weighted by Crippen LogP contribution is 2.28. The van der Waals surface area contributed by atoms with E-state index in [4.69, 9.17) is 0 Å². The van der Waals surface area contributed by atoms with Crippen LogP contribution in [0, 0.1) is 0 Å². The molecule has 0 aromatic carbocycles. The molecule has 8 nitrogen and oxygen atoms in total. The molecule has 9 heteroatoms. The van der Waals surface area contributed by atoms with Crippen LogP contribution in [0.5, 0.6) is 0 Å². The normalized spacial score (nSPS) is 25.1. The van der Waals surface area contributed by atoms with Crippen molar-refractivity contribution >= 4 is 21.7 Å². The van der Waals surface area contributed by atoms with Crippen LogP contribution in [0.4, 0.5) is 0 Å². The molecule has 0 bridgehead atoms. The summed E-state index contributed by atoms with van der Waals surface area (Å²) >= 11 is 0. The minimum Gasteiger partial charge on any atom is -0.335 e.